The van der Waals surface area contributed by atoms with Crippen molar-refractivity contribution in [3.05, 3.63) is 37.1 Å². The summed E-state index contributed by atoms with van der Waals surface area (Å²) in [5, 5.41) is 0. The molecule has 0 saturated heterocycles. The van der Waals surface area contributed by atoms with Crippen LogP contribution in [0.5, 0.6) is 0 Å². The van der Waals surface area contributed by atoms with E-state index in [9.17, 15) is 0 Å². The second-order valence-corrected chi connectivity index (χ2v) is 3.16. The van der Waals surface area contributed by atoms with Crippen molar-refractivity contribution in [1.82, 2.24) is 4.90 Å². The van der Waals surface area contributed by atoms with Gasteiger partial charge in [-0.1, -0.05) is 52.8 Å². The van der Waals surface area contributed by atoms with E-state index < -0.39 is 0 Å². The van der Waals surface area contributed by atoms with Gasteiger partial charge in [-0.25, -0.2) is 0 Å². The smallest absolute Gasteiger partial charge is 0.0357 e. The van der Waals surface area contributed by atoms with E-state index in [0.29, 0.717) is 0 Å². The van der Waals surface area contributed by atoms with Crippen LogP contribution in [0.3, 0.4) is 0 Å². The van der Waals surface area contributed by atoms with Gasteiger partial charge in [0.1, 0.15) is 0 Å². The molecule has 0 heterocycles. The molecule has 0 aliphatic rings. The first-order valence-corrected chi connectivity index (χ1v) is 5.92. The van der Waals surface area contributed by atoms with Crippen molar-refractivity contribution in [2.45, 2.75) is 40.0 Å². The summed E-state index contributed by atoms with van der Waals surface area (Å²) in [6.45, 7) is 14.8. The zero-order valence-electron chi connectivity index (χ0n) is 10.9. The molecule has 0 bridgehead atoms. The molecular formula is C14H27N. The molecule has 0 radical (unpaired) electrons. The van der Waals surface area contributed by atoms with Crippen LogP contribution in [0.2, 0.25) is 0 Å². The van der Waals surface area contributed by atoms with Crippen LogP contribution in [0.4, 0.5) is 0 Å². The molecule has 0 aromatic heterocycles. The average Bonchev–Trinajstić information content (AvgIpc) is 2.28. The van der Waals surface area contributed by atoms with Crippen molar-refractivity contribution in [2.24, 2.45) is 0 Å². The quantitative estimate of drug-likeness (QED) is 0.444. The number of unbranched alkanes of at least 4 members (excludes halogenated alkanes) is 2. The Balaban J connectivity index is 0. The van der Waals surface area contributed by atoms with Crippen LogP contribution in [0.25, 0.3) is 0 Å². The molecule has 0 fully saturated rings. The van der Waals surface area contributed by atoms with Crippen LogP contribution >= 0.6 is 0 Å². The van der Waals surface area contributed by atoms with Gasteiger partial charge >= 0.3 is 0 Å². The first-order chi connectivity index (χ1) is 7.26. The fraction of sp³-hybridized carbons (Fsp3) is 0.571. The highest BCUT2D eigenvalue weighted by Gasteiger charge is 1.98. The lowest BCUT2D eigenvalue weighted by Crippen LogP contribution is -2.17. The molecule has 15 heavy (non-hydrogen) atoms. The lowest BCUT2D eigenvalue weighted by molar-refractivity contribution is 0.413. The molecule has 0 rings (SSSR count). The molecule has 1 heteroatoms. The molecule has 0 aromatic rings. The van der Waals surface area contributed by atoms with E-state index in [-0.39, 0.29) is 0 Å². The van der Waals surface area contributed by atoms with Crippen LogP contribution in [-0.2, 0) is 0 Å². The van der Waals surface area contributed by atoms with E-state index in [0.717, 1.165) is 12.2 Å². The molecule has 0 unspecified atom stereocenters. The van der Waals surface area contributed by atoms with Crippen molar-refractivity contribution in [2.75, 3.05) is 13.6 Å². The van der Waals surface area contributed by atoms with E-state index >= 15 is 0 Å². The van der Waals surface area contributed by atoms with Gasteiger partial charge in [-0.15, -0.1) is 0 Å². The van der Waals surface area contributed by atoms with Gasteiger partial charge in [0.15, 0.2) is 0 Å². The van der Waals surface area contributed by atoms with Gasteiger partial charge in [0.25, 0.3) is 0 Å². The Labute approximate surface area is 96.2 Å². The SMILES string of the molecule is C=C/C=C(\C=C)N(C)CCCCC.CC. The number of hydrogen-bond donors (Lipinski definition) is 0. The summed E-state index contributed by atoms with van der Waals surface area (Å²) in [4.78, 5) is 2.21. The molecule has 0 aliphatic carbocycles. The van der Waals surface area contributed by atoms with Gasteiger partial charge in [0, 0.05) is 19.3 Å². The first kappa shape index (κ1) is 16.4. The third-order valence-electron chi connectivity index (χ3n) is 2.04. The van der Waals surface area contributed by atoms with Crippen molar-refractivity contribution in [3.63, 3.8) is 0 Å². The maximum atomic E-state index is 3.77. The summed E-state index contributed by atoms with van der Waals surface area (Å²) in [5.74, 6) is 0. The van der Waals surface area contributed by atoms with Gasteiger partial charge in [-0.05, 0) is 18.6 Å². The zero-order valence-corrected chi connectivity index (χ0v) is 10.9. The number of allylic oxidation sites excluding steroid dienone is 3. The second-order valence-electron chi connectivity index (χ2n) is 3.16. The Bertz CT molecular complexity index is 180. The van der Waals surface area contributed by atoms with Crippen LogP contribution in [0.1, 0.15) is 40.0 Å². The Kier molecular flexibility index (Phi) is 14.3. The van der Waals surface area contributed by atoms with Crippen LogP contribution in [0, 0.1) is 0 Å². The molecule has 0 atom stereocenters. The van der Waals surface area contributed by atoms with Gasteiger partial charge in [0.05, 0.1) is 0 Å². The Hall–Kier alpha value is -0.980. The Morgan fingerprint density at radius 3 is 2.20 bits per heavy atom. The fourth-order valence-corrected chi connectivity index (χ4v) is 1.20. The second kappa shape index (κ2) is 13.0. The molecular weight excluding hydrogens is 182 g/mol. The highest BCUT2D eigenvalue weighted by Crippen LogP contribution is 2.05. The third kappa shape index (κ3) is 9.33. The third-order valence-corrected chi connectivity index (χ3v) is 2.04. The Morgan fingerprint density at radius 2 is 1.80 bits per heavy atom. The minimum atomic E-state index is 1.10. The van der Waals surface area contributed by atoms with Gasteiger partial charge in [-0.3, -0.25) is 0 Å². The monoisotopic (exact) mass is 209 g/mol. The molecule has 88 valence electrons. The molecule has 1 nitrogen and oxygen atoms in total. The summed E-state index contributed by atoms with van der Waals surface area (Å²) in [5.41, 5.74) is 1.14. The molecule has 0 aromatic carbocycles. The predicted octanol–water partition coefficient (Wildman–Crippen LogP) is 4.39. The van der Waals surface area contributed by atoms with Crippen LogP contribution in [-0.4, -0.2) is 18.5 Å². The van der Waals surface area contributed by atoms with Crippen molar-refractivity contribution >= 4 is 0 Å². The zero-order chi connectivity index (χ0) is 12.1. The van der Waals surface area contributed by atoms with Gasteiger partial charge < -0.3 is 4.90 Å². The van der Waals surface area contributed by atoms with Crippen molar-refractivity contribution in [1.29, 1.82) is 0 Å². The molecule has 0 spiro atoms. The van der Waals surface area contributed by atoms with Gasteiger partial charge in [0.2, 0.25) is 0 Å². The van der Waals surface area contributed by atoms with E-state index in [1.165, 1.54) is 19.3 Å². The number of hydrogen-bond acceptors (Lipinski definition) is 1. The first-order valence-electron chi connectivity index (χ1n) is 5.92. The lowest BCUT2D eigenvalue weighted by atomic mass is 10.2. The highest BCUT2D eigenvalue weighted by molar-refractivity contribution is 5.19. The number of nitrogens with zero attached hydrogens (tertiary/aromatic N) is 1. The minimum absolute atomic E-state index is 1.10. The fourth-order valence-electron chi connectivity index (χ4n) is 1.20. The summed E-state index contributed by atoms with van der Waals surface area (Å²) in [7, 11) is 2.09. The number of likely N-dealkylation sites (N-methyl/N-ethyl adjacent to an activating group) is 1. The largest absolute Gasteiger partial charge is 0.375 e. The van der Waals surface area contributed by atoms with Crippen LogP contribution in [0.15, 0.2) is 37.1 Å². The summed E-state index contributed by atoms with van der Waals surface area (Å²) < 4.78 is 0. The molecule has 0 amide bonds. The predicted molar refractivity (Wildman–Crippen MR) is 72.0 cm³/mol. The summed E-state index contributed by atoms with van der Waals surface area (Å²) in [6, 6.07) is 0. The lowest BCUT2D eigenvalue weighted by Gasteiger charge is -2.19. The van der Waals surface area contributed by atoms with E-state index in [1.807, 2.05) is 26.0 Å². The van der Waals surface area contributed by atoms with E-state index in [2.05, 4.69) is 32.0 Å². The molecule has 0 aliphatic heterocycles. The maximum Gasteiger partial charge on any atom is 0.0357 e. The van der Waals surface area contributed by atoms with E-state index in [4.69, 9.17) is 0 Å². The van der Waals surface area contributed by atoms with E-state index in [1.54, 1.807) is 6.08 Å². The maximum absolute atomic E-state index is 3.77. The normalized spacial score (nSPS) is 10.0. The van der Waals surface area contributed by atoms with Crippen molar-refractivity contribution in [3.8, 4) is 0 Å². The Morgan fingerprint density at radius 1 is 1.20 bits per heavy atom. The van der Waals surface area contributed by atoms with Gasteiger partial charge in [-0.2, -0.15) is 0 Å². The topological polar surface area (TPSA) is 3.24 Å². The minimum Gasteiger partial charge on any atom is -0.375 e. The van der Waals surface area contributed by atoms with Crippen molar-refractivity contribution < 1.29 is 0 Å². The average molecular weight is 209 g/mol. The summed E-state index contributed by atoms with van der Waals surface area (Å²) in [6.07, 6.45) is 9.46. The molecule has 0 saturated carbocycles. The highest BCUT2D eigenvalue weighted by atomic mass is 15.1. The standard InChI is InChI=1S/C12H21N.C2H6/c1-5-8-9-11-13(4)12(7-3)10-6-2;1-2/h6-7,10H,2-3,5,8-9,11H2,1,4H3;1-2H3/b12-10+;. The number of rotatable bonds is 7. The molecule has 0 N–H and O–H groups in total. The van der Waals surface area contributed by atoms with Crippen LogP contribution < -0.4 is 0 Å². The summed E-state index contributed by atoms with van der Waals surface area (Å²) >= 11 is 0.